The molecule has 2 heterocycles. The van der Waals surface area contributed by atoms with Crippen LogP contribution >= 0.6 is 23.1 Å². The third-order valence-electron chi connectivity index (χ3n) is 5.49. The van der Waals surface area contributed by atoms with Crippen LogP contribution in [0.4, 0.5) is 11.4 Å². The van der Waals surface area contributed by atoms with Gasteiger partial charge >= 0.3 is 0 Å². The van der Waals surface area contributed by atoms with Crippen LogP contribution in [0.5, 0.6) is 0 Å². The van der Waals surface area contributed by atoms with Gasteiger partial charge in [0.05, 0.1) is 21.8 Å². The van der Waals surface area contributed by atoms with E-state index in [9.17, 15) is 0 Å². The first-order chi connectivity index (χ1) is 13.8. The largest absolute Gasteiger partial charge is 0.354 e. The number of anilines is 2. The van der Waals surface area contributed by atoms with E-state index < -0.39 is 0 Å². The lowest BCUT2D eigenvalue weighted by Crippen LogP contribution is -2.03. The van der Waals surface area contributed by atoms with Gasteiger partial charge in [0, 0.05) is 39.7 Å². The number of hydrogen-bond acceptors (Lipinski definition) is 5. The van der Waals surface area contributed by atoms with E-state index in [0.717, 1.165) is 16.6 Å². The molecule has 2 aliphatic rings. The van der Waals surface area contributed by atoms with Crippen LogP contribution in [0.15, 0.2) is 53.8 Å². The van der Waals surface area contributed by atoms with Crippen LogP contribution in [0.25, 0.3) is 10.4 Å². The van der Waals surface area contributed by atoms with E-state index in [1.165, 1.54) is 65.3 Å². The van der Waals surface area contributed by atoms with Gasteiger partial charge in [-0.05, 0) is 49.9 Å². The summed E-state index contributed by atoms with van der Waals surface area (Å²) in [7, 11) is 0. The van der Waals surface area contributed by atoms with Gasteiger partial charge in [-0.3, -0.25) is 4.98 Å². The molecule has 0 aliphatic heterocycles. The smallest absolute Gasteiger partial charge is 0.0962 e. The van der Waals surface area contributed by atoms with Gasteiger partial charge in [0.15, 0.2) is 0 Å². The Kier molecular flexibility index (Phi) is 5.37. The minimum Gasteiger partial charge on any atom is -0.354 e. The number of aromatic nitrogens is 2. The van der Waals surface area contributed by atoms with Crippen molar-refractivity contribution in [3.8, 4) is 10.4 Å². The molecule has 0 unspecified atom stereocenters. The lowest BCUT2D eigenvalue weighted by molar-refractivity contribution is 0.442. The average molecular weight is 408 g/mol. The molecule has 0 saturated heterocycles. The quantitative estimate of drug-likeness (QED) is 0.467. The average Bonchev–Trinajstić information content (AvgIpc) is 3.42. The maximum absolute atomic E-state index is 4.83. The Labute approximate surface area is 175 Å². The molecule has 2 aromatic heterocycles. The number of thioether (sulfide) groups is 1. The molecular formula is C23H25N3S2. The van der Waals surface area contributed by atoms with Crippen LogP contribution < -0.4 is 5.32 Å². The fourth-order valence-electron chi connectivity index (χ4n) is 3.82. The zero-order valence-electron chi connectivity index (χ0n) is 15.9. The lowest BCUT2D eigenvalue weighted by atomic mass is 9.90. The van der Waals surface area contributed by atoms with Gasteiger partial charge in [-0.25, -0.2) is 4.98 Å². The van der Waals surface area contributed by atoms with Crippen molar-refractivity contribution in [1.29, 1.82) is 0 Å². The van der Waals surface area contributed by atoms with Crippen molar-refractivity contribution in [2.24, 2.45) is 0 Å². The molecule has 2 aliphatic carbocycles. The summed E-state index contributed by atoms with van der Waals surface area (Å²) in [4.78, 5) is 11.7. The van der Waals surface area contributed by atoms with Crippen LogP contribution in [-0.2, 0) is 0 Å². The monoisotopic (exact) mass is 407 g/mol. The Bertz CT molecular complexity index is 928. The SMILES string of the molecule is c1cncc(Nc2ccc(-c3cnc(C4CCCCC4)s3)c(SC3CC3)c2)c1. The molecule has 0 atom stereocenters. The second-order valence-corrected chi connectivity index (χ2v) is 10.2. The van der Waals surface area contributed by atoms with Gasteiger partial charge < -0.3 is 5.32 Å². The molecule has 0 spiro atoms. The Balaban J connectivity index is 1.42. The first-order valence-corrected chi connectivity index (χ1v) is 12.0. The summed E-state index contributed by atoms with van der Waals surface area (Å²) < 4.78 is 0. The van der Waals surface area contributed by atoms with Crippen LogP contribution in [0.3, 0.4) is 0 Å². The molecule has 3 nitrogen and oxygen atoms in total. The van der Waals surface area contributed by atoms with Crippen molar-refractivity contribution in [1.82, 2.24) is 9.97 Å². The Morgan fingerprint density at radius 1 is 0.964 bits per heavy atom. The highest BCUT2D eigenvalue weighted by Gasteiger charge is 2.25. The maximum Gasteiger partial charge on any atom is 0.0962 e. The highest BCUT2D eigenvalue weighted by molar-refractivity contribution is 8.00. The molecule has 1 N–H and O–H groups in total. The summed E-state index contributed by atoms with van der Waals surface area (Å²) in [5.74, 6) is 0.679. The van der Waals surface area contributed by atoms with Gasteiger partial charge in [0.1, 0.15) is 0 Å². The number of thiazole rings is 1. The Hall–Kier alpha value is -1.85. The third kappa shape index (κ3) is 4.26. The van der Waals surface area contributed by atoms with E-state index in [0.29, 0.717) is 5.92 Å². The van der Waals surface area contributed by atoms with E-state index in [-0.39, 0.29) is 0 Å². The van der Waals surface area contributed by atoms with Crippen molar-refractivity contribution in [3.05, 3.63) is 53.9 Å². The van der Waals surface area contributed by atoms with Crippen LogP contribution in [0.2, 0.25) is 0 Å². The summed E-state index contributed by atoms with van der Waals surface area (Å²) >= 11 is 3.93. The zero-order valence-corrected chi connectivity index (χ0v) is 17.6. The van der Waals surface area contributed by atoms with Gasteiger partial charge in [-0.1, -0.05) is 25.3 Å². The van der Waals surface area contributed by atoms with Gasteiger partial charge in [-0.2, -0.15) is 0 Å². The topological polar surface area (TPSA) is 37.8 Å². The molecule has 0 amide bonds. The second-order valence-electron chi connectivity index (χ2n) is 7.79. The summed E-state index contributed by atoms with van der Waals surface area (Å²) in [6.45, 7) is 0. The van der Waals surface area contributed by atoms with E-state index in [2.05, 4.69) is 34.7 Å². The number of hydrogen-bond donors (Lipinski definition) is 1. The second kappa shape index (κ2) is 8.26. The van der Waals surface area contributed by atoms with Crippen molar-refractivity contribution in [3.63, 3.8) is 0 Å². The van der Waals surface area contributed by atoms with E-state index in [1.807, 2.05) is 41.4 Å². The molecule has 1 aromatic carbocycles. The number of pyridine rings is 1. The van der Waals surface area contributed by atoms with Crippen molar-refractivity contribution in [2.75, 3.05) is 5.32 Å². The molecule has 0 bridgehead atoms. The summed E-state index contributed by atoms with van der Waals surface area (Å²) in [6, 6.07) is 10.8. The zero-order chi connectivity index (χ0) is 18.8. The third-order valence-corrected chi connectivity index (χ3v) is 8.08. The predicted octanol–water partition coefficient (Wildman–Crippen LogP) is 7.25. The van der Waals surface area contributed by atoms with Gasteiger partial charge in [0.25, 0.3) is 0 Å². The lowest BCUT2D eigenvalue weighted by Gasteiger charge is -2.18. The first-order valence-electron chi connectivity index (χ1n) is 10.3. The minimum absolute atomic E-state index is 0.679. The molecular weight excluding hydrogens is 382 g/mol. The first kappa shape index (κ1) is 18.2. The number of nitrogens with one attached hydrogen (secondary N) is 1. The molecule has 5 heteroatoms. The van der Waals surface area contributed by atoms with Crippen LogP contribution in [0.1, 0.15) is 55.9 Å². The normalized spacial score (nSPS) is 17.6. The summed E-state index contributed by atoms with van der Waals surface area (Å²) in [5, 5.41) is 5.60. The number of nitrogens with zero attached hydrogens (tertiary/aromatic N) is 2. The standard InChI is InChI=1S/C23H25N3S2/c1-2-5-16(6-3-1)23-25-15-22(28-23)20-11-8-17(13-21(20)27-19-9-10-19)26-18-7-4-12-24-14-18/h4,7-8,11-16,19,26H,1-3,5-6,9-10H2. The maximum atomic E-state index is 4.83. The van der Waals surface area contributed by atoms with Crippen molar-refractivity contribution >= 4 is 34.5 Å². The van der Waals surface area contributed by atoms with Gasteiger partial charge in [0.2, 0.25) is 0 Å². The van der Waals surface area contributed by atoms with Crippen LogP contribution in [-0.4, -0.2) is 15.2 Å². The van der Waals surface area contributed by atoms with Crippen molar-refractivity contribution < 1.29 is 0 Å². The van der Waals surface area contributed by atoms with E-state index in [1.54, 1.807) is 6.20 Å². The molecule has 2 saturated carbocycles. The highest BCUT2D eigenvalue weighted by atomic mass is 32.2. The minimum atomic E-state index is 0.679. The Morgan fingerprint density at radius 2 is 1.86 bits per heavy atom. The summed E-state index contributed by atoms with van der Waals surface area (Å²) in [5.41, 5.74) is 3.49. The van der Waals surface area contributed by atoms with Gasteiger partial charge in [-0.15, -0.1) is 23.1 Å². The van der Waals surface area contributed by atoms with E-state index >= 15 is 0 Å². The molecule has 2 fully saturated rings. The fourth-order valence-corrected chi connectivity index (χ4v) is 6.24. The number of benzene rings is 1. The molecule has 28 heavy (non-hydrogen) atoms. The highest BCUT2D eigenvalue weighted by Crippen LogP contribution is 2.46. The van der Waals surface area contributed by atoms with E-state index in [4.69, 9.17) is 4.98 Å². The predicted molar refractivity (Wildman–Crippen MR) is 120 cm³/mol. The van der Waals surface area contributed by atoms with Crippen molar-refractivity contribution in [2.45, 2.75) is 61.0 Å². The van der Waals surface area contributed by atoms with Crippen LogP contribution in [0, 0.1) is 0 Å². The summed E-state index contributed by atoms with van der Waals surface area (Å²) in [6.07, 6.45) is 15.2. The molecule has 0 radical (unpaired) electrons. The fraction of sp³-hybridized carbons (Fsp3) is 0.391. The molecule has 3 aromatic rings. The molecule has 144 valence electrons. The molecule has 5 rings (SSSR count). The Morgan fingerprint density at radius 3 is 2.64 bits per heavy atom. The number of rotatable bonds is 6.